The number of ether oxygens (including phenoxy) is 1. The second kappa shape index (κ2) is 5.80. The van der Waals surface area contributed by atoms with Crippen molar-refractivity contribution in [2.24, 2.45) is 0 Å². The van der Waals surface area contributed by atoms with Crippen LogP contribution >= 0.6 is 0 Å². The Bertz CT molecular complexity index is 809. The van der Waals surface area contributed by atoms with E-state index < -0.39 is 5.97 Å². The summed E-state index contributed by atoms with van der Waals surface area (Å²) in [7, 11) is 0. The Hall–Kier alpha value is -2.96. The number of benzene rings is 1. The van der Waals surface area contributed by atoms with Crippen molar-refractivity contribution in [3.05, 3.63) is 48.0 Å². The highest BCUT2D eigenvalue weighted by Crippen LogP contribution is 2.29. The molecule has 1 aromatic carbocycles. The van der Waals surface area contributed by atoms with Crippen LogP contribution in [0.5, 0.6) is 0 Å². The van der Waals surface area contributed by atoms with Gasteiger partial charge >= 0.3 is 5.97 Å². The van der Waals surface area contributed by atoms with Gasteiger partial charge in [-0.3, -0.25) is 0 Å². The van der Waals surface area contributed by atoms with Gasteiger partial charge in [-0.1, -0.05) is 12.1 Å². The molecule has 0 saturated carbocycles. The number of halogens is 1. The summed E-state index contributed by atoms with van der Waals surface area (Å²) in [5.74, 6) is -0.794. The second-order valence-corrected chi connectivity index (χ2v) is 4.55. The van der Waals surface area contributed by atoms with E-state index in [4.69, 9.17) is 4.74 Å². The number of carbonyl (C=O) groups is 1. The monoisotopic (exact) mass is 300 g/mol. The van der Waals surface area contributed by atoms with Crippen LogP contribution in [0.1, 0.15) is 17.4 Å². The number of hydrogen-bond acceptors (Lipinski definition) is 4. The first-order chi connectivity index (χ1) is 10.7. The van der Waals surface area contributed by atoms with E-state index >= 15 is 0 Å². The molecule has 0 aliphatic heterocycles. The van der Waals surface area contributed by atoms with Gasteiger partial charge in [0.2, 0.25) is 0 Å². The van der Waals surface area contributed by atoms with Gasteiger partial charge in [0.25, 0.3) is 0 Å². The minimum atomic E-state index is -0.440. The average Bonchev–Trinajstić information content (AvgIpc) is 3.16. The summed E-state index contributed by atoms with van der Waals surface area (Å²) < 4.78 is 18.3. The number of H-pyrrole nitrogens is 2. The maximum Gasteiger partial charge on any atom is 0.354 e. The van der Waals surface area contributed by atoms with E-state index in [1.54, 1.807) is 31.3 Å². The molecule has 0 amide bonds. The third-order valence-electron chi connectivity index (χ3n) is 3.10. The van der Waals surface area contributed by atoms with Gasteiger partial charge in [0.1, 0.15) is 22.9 Å². The van der Waals surface area contributed by atoms with E-state index in [9.17, 15) is 9.18 Å². The molecule has 22 heavy (non-hydrogen) atoms. The van der Waals surface area contributed by atoms with Crippen LogP contribution in [-0.4, -0.2) is 33.0 Å². The Balaban J connectivity index is 1.97. The van der Waals surface area contributed by atoms with Gasteiger partial charge in [-0.15, -0.1) is 0 Å². The molecule has 0 fully saturated rings. The fourth-order valence-corrected chi connectivity index (χ4v) is 2.13. The lowest BCUT2D eigenvalue weighted by molar-refractivity contribution is 0.0520. The topological polar surface area (TPSA) is 83.7 Å². The first kappa shape index (κ1) is 14.0. The number of rotatable bonds is 4. The number of hydrogen-bond donors (Lipinski definition) is 2. The standard InChI is InChI=1S/C15H13FN4O2/c1-2-22-15(21)12-7-10(8-17-12)14-13(18-20-19-14)9-4-3-5-11(16)6-9/h3-8,17H,2H2,1H3,(H,18,19,20). The van der Waals surface area contributed by atoms with Gasteiger partial charge < -0.3 is 9.72 Å². The van der Waals surface area contributed by atoms with Crippen molar-refractivity contribution >= 4 is 5.97 Å². The molecule has 0 aliphatic rings. The Morgan fingerprint density at radius 1 is 1.23 bits per heavy atom. The average molecular weight is 300 g/mol. The molecule has 7 heteroatoms. The molecule has 0 aliphatic carbocycles. The lowest BCUT2D eigenvalue weighted by atomic mass is 10.1. The molecule has 3 rings (SSSR count). The van der Waals surface area contributed by atoms with Crippen LogP contribution in [0.3, 0.4) is 0 Å². The summed E-state index contributed by atoms with van der Waals surface area (Å²) in [6, 6.07) is 7.70. The number of aromatic nitrogens is 4. The zero-order chi connectivity index (χ0) is 15.5. The molecule has 2 N–H and O–H groups in total. The van der Waals surface area contributed by atoms with Crippen LogP contribution in [0.2, 0.25) is 0 Å². The molecule has 0 spiro atoms. The molecule has 0 unspecified atom stereocenters. The van der Waals surface area contributed by atoms with Gasteiger partial charge in [0, 0.05) is 17.3 Å². The number of esters is 1. The molecule has 6 nitrogen and oxygen atoms in total. The Morgan fingerprint density at radius 3 is 2.73 bits per heavy atom. The molecule has 0 saturated heterocycles. The summed E-state index contributed by atoms with van der Waals surface area (Å²) >= 11 is 0. The fourth-order valence-electron chi connectivity index (χ4n) is 2.13. The van der Waals surface area contributed by atoms with Crippen molar-refractivity contribution in [3.8, 4) is 22.5 Å². The maximum atomic E-state index is 13.4. The number of aromatic amines is 2. The Labute approximate surface area is 125 Å². The molecule has 0 bridgehead atoms. The predicted octanol–water partition coefficient (Wildman–Crippen LogP) is 2.78. The predicted molar refractivity (Wildman–Crippen MR) is 77.5 cm³/mol. The molecule has 0 radical (unpaired) electrons. The first-order valence-corrected chi connectivity index (χ1v) is 6.71. The number of nitrogens with one attached hydrogen (secondary N) is 2. The first-order valence-electron chi connectivity index (χ1n) is 6.71. The summed E-state index contributed by atoms with van der Waals surface area (Å²) in [6.45, 7) is 2.03. The van der Waals surface area contributed by atoms with Crippen LogP contribution in [0.15, 0.2) is 36.5 Å². The van der Waals surface area contributed by atoms with Gasteiger partial charge in [0.05, 0.1) is 6.61 Å². The Kier molecular flexibility index (Phi) is 3.69. The summed E-state index contributed by atoms with van der Waals surface area (Å²) in [5.41, 5.74) is 2.62. The minimum Gasteiger partial charge on any atom is -0.461 e. The van der Waals surface area contributed by atoms with Crippen molar-refractivity contribution in [2.45, 2.75) is 6.92 Å². The molecule has 2 heterocycles. The molecule has 0 atom stereocenters. The Morgan fingerprint density at radius 2 is 2.00 bits per heavy atom. The van der Waals surface area contributed by atoms with Gasteiger partial charge in [-0.05, 0) is 25.1 Å². The number of carbonyl (C=O) groups excluding carboxylic acids is 1. The van der Waals surface area contributed by atoms with Crippen molar-refractivity contribution in [3.63, 3.8) is 0 Å². The highest BCUT2D eigenvalue weighted by atomic mass is 19.1. The molecule has 3 aromatic rings. The molecular weight excluding hydrogens is 287 g/mol. The largest absolute Gasteiger partial charge is 0.461 e. The highest BCUT2D eigenvalue weighted by molar-refractivity contribution is 5.90. The van der Waals surface area contributed by atoms with Gasteiger partial charge in [-0.25, -0.2) is 9.18 Å². The smallest absolute Gasteiger partial charge is 0.354 e. The maximum absolute atomic E-state index is 13.4. The van der Waals surface area contributed by atoms with E-state index in [0.717, 1.165) is 0 Å². The highest BCUT2D eigenvalue weighted by Gasteiger charge is 2.16. The van der Waals surface area contributed by atoms with Crippen molar-refractivity contribution < 1.29 is 13.9 Å². The van der Waals surface area contributed by atoms with Crippen LogP contribution < -0.4 is 0 Å². The van der Waals surface area contributed by atoms with Gasteiger partial charge in [0.15, 0.2) is 0 Å². The van der Waals surface area contributed by atoms with Crippen molar-refractivity contribution in [2.75, 3.05) is 6.61 Å². The van der Waals surface area contributed by atoms with E-state index in [-0.39, 0.29) is 5.82 Å². The van der Waals surface area contributed by atoms with E-state index in [2.05, 4.69) is 20.4 Å². The third-order valence-corrected chi connectivity index (χ3v) is 3.10. The summed E-state index contributed by atoms with van der Waals surface area (Å²) in [6.07, 6.45) is 1.63. The minimum absolute atomic E-state index is 0.297. The van der Waals surface area contributed by atoms with Crippen LogP contribution in [-0.2, 0) is 4.74 Å². The zero-order valence-electron chi connectivity index (χ0n) is 11.8. The molecular formula is C15H13FN4O2. The van der Waals surface area contributed by atoms with Crippen LogP contribution in [0.25, 0.3) is 22.5 Å². The second-order valence-electron chi connectivity index (χ2n) is 4.55. The van der Waals surface area contributed by atoms with E-state index in [1.165, 1.54) is 12.1 Å². The SMILES string of the molecule is CCOC(=O)c1cc(-c2n[nH]nc2-c2cccc(F)c2)c[nH]1. The summed E-state index contributed by atoms with van der Waals surface area (Å²) in [4.78, 5) is 14.5. The normalized spacial score (nSPS) is 10.6. The lowest BCUT2D eigenvalue weighted by Crippen LogP contribution is -2.04. The lowest BCUT2D eigenvalue weighted by Gasteiger charge is -1.99. The third kappa shape index (κ3) is 2.60. The van der Waals surface area contributed by atoms with E-state index in [1.807, 2.05) is 0 Å². The van der Waals surface area contributed by atoms with Crippen molar-refractivity contribution in [1.82, 2.24) is 20.4 Å². The van der Waals surface area contributed by atoms with E-state index in [0.29, 0.717) is 34.8 Å². The summed E-state index contributed by atoms with van der Waals surface area (Å²) in [5, 5.41) is 10.7. The quantitative estimate of drug-likeness (QED) is 0.726. The molecule has 2 aromatic heterocycles. The molecule has 112 valence electrons. The zero-order valence-corrected chi connectivity index (χ0v) is 11.8. The van der Waals surface area contributed by atoms with Gasteiger partial charge in [-0.2, -0.15) is 15.4 Å². The number of nitrogens with zero attached hydrogens (tertiary/aromatic N) is 2. The fraction of sp³-hybridized carbons (Fsp3) is 0.133. The van der Waals surface area contributed by atoms with Crippen LogP contribution in [0.4, 0.5) is 4.39 Å². The van der Waals surface area contributed by atoms with Crippen molar-refractivity contribution in [1.29, 1.82) is 0 Å². The van der Waals surface area contributed by atoms with Crippen LogP contribution in [0, 0.1) is 5.82 Å².